The number of ether oxygens (including phenoxy) is 2. The van der Waals surface area contributed by atoms with Gasteiger partial charge in [-0.3, -0.25) is 4.99 Å². The molecule has 0 saturated carbocycles. The van der Waals surface area contributed by atoms with Crippen LogP contribution in [0, 0.1) is 5.92 Å². The molecule has 1 aromatic carbocycles. The Morgan fingerprint density at radius 3 is 2.59 bits per heavy atom. The number of methoxy groups -OCH3 is 1. The zero-order chi connectivity index (χ0) is 15.5. The van der Waals surface area contributed by atoms with Crippen molar-refractivity contribution in [2.75, 3.05) is 33.9 Å². The van der Waals surface area contributed by atoms with Crippen molar-refractivity contribution in [2.45, 2.75) is 20.4 Å². The minimum atomic E-state index is 0. The first kappa shape index (κ1) is 21.0. The summed E-state index contributed by atoms with van der Waals surface area (Å²) in [7, 11) is 3.43. The number of halogens is 1. The van der Waals surface area contributed by atoms with Gasteiger partial charge in [-0.15, -0.1) is 24.0 Å². The molecule has 0 saturated heterocycles. The summed E-state index contributed by atoms with van der Waals surface area (Å²) in [4.78, 5) is 4.18. The molecule has 22 heavy (non-hydrogen) atoms. The molecule has 0 aliphatic heterocycles. The number of hydrogen-bond acceptors (Lipinski definition) is 3. The van der Waals surface area contributed by atoms with Gasteiger partial charge in [0.25, 0.3) is 0 Å². The highest BCUT2D eigenvalue weighted by atomic mass is 127. The molecule has 0 heterocycles. The molecule has 126 valence electrons. The van der Waals surface area contributed by atoms with Crippen molar-refractivity contribution in [2.24, 2.45) is 10.9 Å². The Morgan fingerprint density at radius 1 is 1.23 bits per heavy atom. The molecule has 5 nitrogen and oxygen atoms in total. The highest BCUT2D eigenvalue weighted by molar-refractivity contribution is 14.0. The molecule has 0 aliphatic carbocycles. The van der Waals surface area contributed by atoms with E-state index in [0.717, 1.165) is 30.4 Å². The summed E-state index contributed by atoms with van der Waals surface area (Å²) in [5, 5.41) is 6.46. The maximum atomic E-state index is 5.84. The number of guanidine groups is 1. The number of aliphatic imine (C=N–C) groups is 1. The van der Waals surface area contributed by atoms with Gasteiger partial charge < -0.3 is 20.1 Å². The van der Waals surface area contributed by atoms with Crippen molar-refractivity contribution < 1.29 is 9.47 Å². The summed E-state index contributed by atoms with van der Waals surface area (Å²) in [6.45, 7) is 7.04. The summed E-state index contributed by atoms with van der Waals surface area (Å²) in [5.74, 6) is 2.19. The predicted octanol–water partition coefficient (Wildman–Crippen LogP) is 2.65. The van der Waals surface area contributed by atoms with Gasteiger partial charge >= 0.3 is 0 Å². The molecule has 0 aromatic heterocycles. The minimum absolute atomic E-state index is 0. The van der Waals surface area contributed by atoms with Gasteiger partial charge in [0, 0.05) is 32.8 Å². The van der Waals surface area contributed by atoms with Crippen LogP contribution in [0.2, 0.25) is 0 Å². The van der Waals surface area contributed by atoms with Crippen molar-refractivity contribution in [1.82, 2.24) is 10.6 Å². The van der Waals surface area contributed by atoms with Crippen LogP contribution in [0.3, 0.4) is 0 Å². The SMILES string of the molecule is CN=C(NCCOC)NCc1ccccc1OCC(C)C.I. The van der Waals surface area contributed by atoms with Crippen LogP contribution in [-0.2, 0) is 11.3 Å². The van der Waals surface area contributed by atoms with Crippen molar-refractivity contribution >= 4 is 29.9 Å². The number of para-hydroxylation sites is 1. The second-order valence-corrected chi connectivity index (χ2v) is 5.16. The molecular weight excluding hydrogens is 393 g/mol. The van der Waals surface area contributed by atoms with Gasteiger partial charge in [-0.2, -0.15) is 0 Å². The van der Waals surface area contributed by atoms with Gasteiger partial charge in [-0.05, 0) is 12.0 Å². The number of nitrogens with one attached hydrogen (secondary N) is 2. The van der Waals surface area contributed by atoms with E-state index in [9.17, 15) is 0 Å². The van der Waals surface area contributed by atoms with Crippen LogP contribution in [0.4, 0.5) is 0 Å². The standard InChI is InChI=1S/C16H27N3O2.HI/c1-13(2)12-21-15-8-6-5-7-14(15)11-19-16(17-3)18-9-10-20-4;/h5-8,13H,9-12H2,1-4H3,(H2,17,18,19);1H. The Morgan fingerprint density at radius 2 is 1.95 bits per heavy atom. The summed E-state index contributed by atoms with van der Waals surface area (Å²) in [6.07, 6.45) is 0. The molecule has 0 unspecified atom stereocenters. The highest BCUT2D eigenvalue weighted by Gasteiger charge is 2.05. The zero-order valence-electron chi connectivity index (χ0n) is 13.9. The molecule has 0 amide bonds. The molecule has 0 bridgehead atoms. The van der Waals surface area contributed by atoms with E-state index in [1.807, 2.05) is 18.2 Å². The maximum Gasteiger partial charge on any atom is 0.191 e. The van der Waals surface area contributed by atoms with E-state index < -0.39 is 0 Å². The lowest BCUT2D eigenvalue weighted by Crippen LogP contribution is -2.38. The molecule has 0 radical (unpaired) electrons. The molecular formula is C16H28IN3O2. The number of rotatable bonds is 8. The van der Waals surface area contributed by atoms with Crippen LogP contribution in [0.15, 0.2) is 29.3 Å². The van der Waals surface area contributed by atoms with Gasteiger partial charge in [-0.1, -0.05) is 32.0 Å². The first-order valence-corrected chi connectivity index (χ1v) is 7.31. The van der Waals surface area contributed by atoms with Crippen LogP contribution in [0.5, 0.6) is 5.75 Å². The summed E-state index contributed by atoms with van der Waals surface area (Å²) in [5.41, 5.74) is 1.12. The molecule has 0 aliphatic rings. The average molecular weight is 421 g/mol. The first-order chi connectivity index (χ1) is 10.2. The van der Waals surface area contributed by atoms with Crippen molar-refractivity contribution in [3.63, 3.8) is 0 Å². The van der Waals surface area contributed by atoms with Crippen molar-refractivity contribution in [1.29, 1.82) is 0 Å². The smallest absolute Gasteiger partial charge is 0.191 e. The zero-order valence-corrected chi connectivity index (χ0v) is 16.2. The summed E-state index contributed by atoms with van der Waals surface area (Å²) >= 11 is 0. The van der Waals surface area contributed by atoms with E-state index in [-0.39, 0.29) is 24.0 Å². The number of hydrogen-bond donors (Lipinski definition) is 2. The third-order valence-electron chi connectivity index (χ3n) is 2.81. The van der Waals surface area contributed by atoms with Crippen LogP contribution < -0.4 is 15.4 Å². The molecule has 1 rings (SSSR count). The topological polar surface area (TPSA) is 54.9 Å². The second-order valence-electron chi connectivity index (χ2n) is 5.16. The quantitative estimate of drug-likeness (QED) is 0.293. The Hall–Kier alpha value is -1.02. The van der Waals surface area contributed by atoms with Crippen LogP contribution >= 0.6 is 24.0 Å². The Kier molecular flexibility index (Phi) is 11.9. The molecule has 0 atom stereocenters. The Labute approximate surface area is 150 Å². The van der Waals surface area contributed by atoms with E-state index in [0.29, 0.717) is 19.1 Å². The molecule has 0 spiro atoms. The first-order valence-electron chi connectivity index (χ1n) is 7.31. The van der Waals surface area contributed by atoms with E-state index >= 15 is 0 Å². The molecule has 2 N–H and O–H groups in total. The van der Waals surface area contributed by atoms with E-state index in [1.54, 1.807) is 14.2 Å². The van der Waals surface area contributed by atoms with Gasteiger partial charge in [0.1, 0.15) is 5.75 Å². The van der Waals surface area contributed by atoms with E-state index in [2.05, 4.69) is 35.5 Å². The van der Waals surface area contributed by atoms with Crippen LogP contribution in [-0.4, -0.2) is 39.9 Å². The lowest BCUT2D eigenvalue weighted by Gasteiger charge is -2.15. The average Bonchev–Trinajstić information content (AvgIpc) is 2.49. The molecule has 1 aromatic rings. The fourth-order valence-electron chi connectivity index (χ4n) is 1.72. The lowest BCUT2D eigenvalue weighted by atomic mass is 10.2. The summed E-state index contributed by atoms with van der Waals surface area (Å²) < 4.78 is 10.9. The third kappa shape index (κ3) is 8.43. The van der Waals surface area contributed by atoms with Crippen molar-refractivity contribution in [3.05, 3.63) is 29.8 Å². The Bertz CT molecular complexity index is 439. The van der Waals surface area contributed by atoms with Crippen LogP contribution in [0.25, 0.3) is 0 Å². The fourth-order valence-corrected chi connectivity index (χ4v) is 1.72. The van der Waals surface area contributed by atoms with Gasteiger partial charge in [0.2, 0.25) is 0 Å². The lowest BCUT2D eigenvalue weighted by molar-refractivity contribution is 0.203. The van der Waals surface area contributed by atoms with E-state index in [4.69, 9.17) is 9.47 Å². The summed E-state index contributed by atoms with van der Waals surface area (Å²) in [6, 6.07) is 8.07. The fraction of sp³-hybridized carbons (Fsp3) is 0.562. The van der Waals surface area contributed by atoms with Crippen LogP contribution in [0.1, 0.15) is 19.4 Å². The number of nitrogens with zero attached hydrogens (tertiary/aromatic N) is 1. The molecule has 0 fully saturated rings. The van der Waals surface area contributed by atoms with Gasteiger partial charge in [0.15, 0.2) is 5.96 Å². The monoisotopic (exact) mass is 421 g/mol. The van der Waals surface area contributed by atoms with Gasteiger partial charge in [-0.25, -0.2) is 0 Å². The van der Waals surface area contributed by atoms with Gasteiger partial charge in [0.05, 0.1) is 13.2 Å². The minimum Gasteiger partial charge on any atom is -0.493 e. The normalized spacial score (nSPS) is 11.0. The molecule has 6 heteroatoms. The highest BCUT2D eigenvalue weighted by Crippen LogP contribution is 2.18. The van der Waals surface area contributed by atoms with E-state index in [1.165, 1.54) is 0 Å². The third-order valence-corrected chi connectivity index (χ3v) is 2.81. The van der Waals surface area contributed by atoms with Crippen molar-refractivity contribution in [3.8, 4) is 5.75 Å². The Balaban J connectivity index is 0.00000441. The second kappa shape index (κ2) is 12.5. The maximum absolute atomic E-state index is 5.84. The predicted molar refractivity (Wildman–Crippen MR) is 102 cm³/mol. The largest absolute Gasteiger partial charge is 0.493 e. The number of benzene rings is 1.